The maximum Gasteiger partial charge on any atom is 0.303 e. The normalized spacial score (nSPS) is 44.9. The van der Waals surface area contributed by atoms with E-state index in [2.05, 4.69) is 19.9 Å². The van der Waals surface area contributed by atoms with Crippen LogP contribution in [0.4, 0.5) is 0 Å². The van der Waals surface area contributed by atoms with E-state index in [-0.39, 0.29) is 40.6 Å². The van der Waals surface area contributed by atoms with Gasteiger partial charge in [0.05, 0.1) is 0 Å². The quantitative estimate of drug-likeness (QED) is 0.435. The molecule has 6 heteroatoms. The molecule has 0 aromatic heterocycles. The lowest BCUT2D eigenvalue weighted by Gasteiger charge is -2.57. The van der Waals surface area contributed by atoms with Crippen LogP contribution in [0.5, 0.6) is 0 Å². The molecule has 0 bridgehead atoms. The van der Waals surface area contributed by atoms with Crippen molar-refractivity contribution in [3.05, 3.63) is 22.8 Å². The standard InChI is InChI=1S/C24H30Cl2O4/c1-13(27)24(30-14(2)28)15(12-25)9-19-17-11-21(26)20-10-16(29)5-7-22(20,3)18(17)6-8-23(19,24)4/h10-11,15,17-19H,5-9,12H2,1-4H3/t15-,17+,18-,19-,22+,23-,24+/m0/s1. The maximum atomic E-state index is 13.1. The number of hydrogen-bond acceptors (Lipinski definition) is 4. The van der Waals surface area contributed by atoms with Crippen LogP contribution in [0.1, 0.15) is 59.8 Å². The largest absolute Gasteiger partial charge is 0.450 e. The van der Waals surface area contributed by atoms with Crippen LogP contribution >= 0.6 is 23.2 Å². The molecule has 0 radical (unpaired) electrons. The smallest absolute Gasteiger partial charge is 0.303 e. The van der Waals surface area contributed by atoms with Crippen LogP contribution in [-0.2, 0) is 19.1 Å². The number of ether oxygens (including phenoxy) is 1. The molecule has 0 aromatic carbocycles. The highest BCUT2D eigenvalue weighted by Crippen LogP contribution is 2.69. The molecule has 7 atom stereocenters. The van der Waals surface area contributed by atoms with Gasteiger partial charge in [-0.25, -0.2) is 0 Å². The monoisotopic (exact) mass is 452 g/mol. The van der Waals surface area contributed by atoms with E-state index in [0.29, 0.717) is 17.4 Å². The number of halogens is 2. The predicted molar refractivity (Wildman–Crippen MR) is 116 cm³/mol. The minimum absolute atomic E-state index is 0.118. The Morgan fingerprint density at radius 3 is 2.50 bits per heavy atom. The fourth-order valence-corrected chi connectivity index (χ4v) is 8.35. The molecular weight excluding hydrogens is 423 g/mol. The van der Waals surface area contributed by atoms with Gasteiger partial charge >= 0.3 is 5.97 Å². The van der Waals surface area contributed by atoms with Gasteiger partial charge < -0.3 is 4.74 Å². The van der Waals surface area contributed by atoms with E-state index in [4.69, 9.17) is 27.9 Å². The van der Waals surface area contributed by atoms with Gasteiger partial charge in [0.2, 0.25) is 0 Å². The van der Waals surface area contributed by atoms with E-state index in [1.165, 1.54) is 13.8 Å². The second-order valence-electron chi connectivity index (χ2n) is 10.2. The van der Waals surface area contributed by atoms with Gasteiger partial charge in [0.25, 0.3) is 0 Å². The first kappa shape index (κ1) is 22.1. The van der Waals surface area contributed by atoms with Gasteiger partial charge in [0, 0.05) is 35.6 Å². The van der Waals surface area contributed by atoms with Crippen LogP contribution in [0.3, 0.4) is 0 Å². The number of hydrogen-bond donors (Lipinski definition) is 0. The number of esters is 1. The molecule has 0 heterocycles. The molecule has 0 N–H and O–H groups in total. The molecule has 0 amide bonds. The van der Waals surface area contributed by atoms with Gasteiger partial charge in [0.15, 0.2) is 17.2 Å². The molecule has 0 unspecified atom stereocenters. The van der Waals surface area contributed by atoms with Gasteiger partial charge in [-0.2, -0.15) is 0 Å². The third-order valence-corrected chi connectivity index (χ3v) is 9.63. The van der Waals surface area contributed by atoms with E-state index >= 15 is 0 Å². The SMILES string of the molecule is CC(=O)O[C@]1(C(C)=O)[C@H](CCl)C[C@H]2[C@@H]3C=C(Cl)C4=CC(=O)CC[C@]4(C)[C@H]3CC[C@@]21C. The van der Waals surface area contributed by atoms with E-state index < -0.39 is 17.0 Å². The summed E-state index contributed by atoms with van der Waals surface area (Å²) in [6.07, 6.45) is 7.59. The first-order chi connectivity index (χ1) is 14.0. The van der Waals surface area contributed by atoms with Crippen molar-refractivity contribution >= 4 is 40.7 Å². The highest BCUT2D eigenvalue weighted by atomic mass is 35.5. The van der Waals surface area contributed by atoms with Gasteiger partial charge in [-0.1, -0.05) is 31.5 Å². The fourth-order valence-electron chi connectivity index (χ4n) is 7.59. The lowest BCUT2D eigenvalue weighted by atomic mass is 9.48. The molecule has 4 nitrogen and oxygen atoms in total. The number of carbonyl (C=O) groups is 3. The Hall–Kier alpha value is -1.13. The minimum Gasteiger partial charge on any atom is -0.450 e. The summed E-state index contributed by atoms with van der Waals surface area (Å²) < 4.78 is 5.91. The highest BCUT2D eigenvalue weighted by molar-refractivity contribution is 6.32. The van der Waals surface area contributed by atoms with E-state index in [1.54, 1.807) is 6.08 Å². The number of fused-ring (bicyclic) bond motifs is 5. The fraction of sp³-hybridized carbons (Fsp3) is 0.708. The Labute approximate surface area is 188 Å². The van der Waals surface area contributed by atoms with Crippen LogP contribution in [0.25, 0.3) is 0 Å². The van der Waals surface area contributed by atoms with E-state index in [1.807, 2.05) is 0 Å². The summed E-state index contributed by atoms with van der Waals surface area (Å²) in [5.74, 6) is 0.263. The van der Waals surface area contributed by atoms with Crippen molar-refractivity contribution in [3.8, 4) is 0 Å². The second-order valence-corrected chi connectivity index (χ2v) is 10.9. The number of Topliss-reactive ketones (excluding diaryl/α,β-unsaturated/α-hetero) is 1. The molecule has 164 valence electrons. The molecular formula is C24H30Cl2O4. The summed E-state index contributed by atoms with van der Waals surface area (Å²) >= 11 is 13.1. The first-order valence-corrected chi connectivity index (χ1v) is 11.8. The summed E-state index contributed by atoms with van der Waals surface area (Å²) in [6.45, 7) is 7.23. The lowest BCUT2D eigenvalue weighted by molar-refractivity contribution is -0.190. The van der Waals surface area contributed by atoms with Crippen molar-refractivity contribution in [1.82, 2.24) is 0 Å². The molecule has 4 aliphatic rings. The van der Waals surface area contributed by atoms with Crippen molar-refractivity contribution in [1.29, 1.82) is 0 Å². The number of rotatable bonds is 3. The molecule has 4 aliphatic carbocycles. The first-order valence-electron chi connectivity index (χ1n) is 10.9. The Balaban J connectivity index is 1.84. The topological polar surface area (TPSA) is 60.4 Å². The van der Waals surface area contributed by atoms with Crippen molar-refractivity contribution in [2.75, 3.05) is 5.88 Å². The van der Waals surface area contributed by atoms with Gasteiger partial charge in [0.1, 0.15) is 0 Å². The molecule has 2 saturated carbocycles. The number of allylic oxidation sites excluding steroid dienone is 4. The van der Waals surface area contributed by atoms with Crippen LogP contribution in [0.15, 0.2) is 22.8 Å². The Kier molecular flexibility index (Phi) is 5.30. The number of alkyl halides is 1. The summed E-state index contributed by atoms with van der Waals surface area (Å²) in [4.78, 5) is 37.2. The average Bonchev–Trinajstić information content (AvgIpc) is 2.92. The summed E-state index contributed by atoms with van der Waals surface area (Å²) in [5.41, 5.74) is -0.878. The Morgan fingerprint density at radius 1 is 1.20 bits per heavy atom. The van der Waals surface area contributed by atoms with Crippen LogP contribution in [0, 0.1) is 34.5 Å². The zero-order valence-corrected chi connectivity index (χ0v) is 19.6. The third-order valence-electron chi connectivity index (χ3n) is 8.92. The molecule has 30 heavy (non-hydrogen) atoms. The Morgan fingerprint density at radius 2 is 1.90 bits per heavy atom. The highest BCUT2D eigenvalue weighted by Gasteiger charge is 2.71. The zero-order chi connectivity index (χ0) is 22.1. The van der Waals surface area contributed by atoms with Crippen molar-refractivity contribution in [2.24, 2.45) is 34.5 Å². The van der Waals surface area contributed by atoms with Crippen molar-refractivity contribution in [2.45, 2.75) is 65.4 Å². The molecule has 4 rings (SSSR count). The lowest BCUT2D eigenvalue weighted by Crippen LogP contribution is -2.60. The second kappa shape index (κ2) is 7.20. The van der Waals surface area contributed by atoms with Crippen LogP contribution in [0.2, 0.25) is 0 Å². The van der Waals surface area contributed by atoms with Gasteiger partial charge in [-0.05, 0) is 67.4 Å². The van der Waals surface area contributed by atoms with Crippen LogP contribution < -0.4 is 0 Å². The predicted octanol–water partition coefficient (Wildman–Crippen LogP) is 5.22. The van der Waals surface area contributed by atoms with E-state index in [9.17, 15) is 14.4 Å². The number of ketones is 2. The molecule has 0 aromatic rings. The minimum atomic E-state index is -1.20. The van der Waals surface area contributed by atoms with Crippen molar-refractivity contribution < 1.29 is 19.1 Å². The zero-order valence-electron chi connectivity index (χ0n) is 18.1. The molecule has 0 aliphatic heterocycles. The summed E-state index contributed by atoms with van der Waals surface area (Å²) in [6, 6.07) is 0. The van der Waals surface area contributed by atoms with Gasteiger partial charge in [-0.3, -0.25) is 14.4 Å². The molecule has 0 saturated heterocycles. The maximum absolute atomic E-state index is 13.1. The number of carbonyl (C=O) groups excluding carboxylic acids is 3. The summed E-state index contributed by atoms with van der Waals surface area (Å²) in [5, 5.41) is 0.659. The van der Waals surface area contributed by atoms with E-state index in [0.717, 1.165) is 31.3 Å². The molecule has 0 spiro atoms. The van der Waals surface area contributed by atoms with Gasteiger partial charge in [-0.15, -0.1) is 11.6 Å². The third kappa shape index (κ3) is 2.75. The Bertz CT molecular complexity index is 876. The van der Waals surface area contributed by atoms with Crippen molar-refractivity contribution in [3.63, 3.8) is 0 Å². The average molecular weight is 453 g/mol. The van der Waals surface area contributed by atoms with Crippen LogP contribution in [-0.4, -0.2) is 29.0 Å². The summed E-state index contributed by atoms with van der Waals surface area (Å²) in [7, 11) is 0. The molecule has 2 fully saturated rings.